The van der Waals surface area contributed by atoms with E-state index >= 15 is 0 Å². The van der Waals surface area contributed by atoms with Gasteiger partial charge in [-0.15, -0.1) is 10.2 Å². The zero-order chi connectivity index (χ0) is 20.9. The number of hydrogen-bond acceptors (Lipinski definition) is 8. The van der Waals surface area contributed by atoms with Crippen LogP contribution in [0.4, 0.5) is 35.4 Å². The van der Waals surface area contributed by atoms with E-state index in [1.165, 1.54) is 17.0 Å². The molecule has 0 atom stereocenters. The van der Waals surface area contributed by atoms with Crippen molar-refractivity contribution in [1.29, 1.82) is 0 Å². The van der Waals surface area contributed by atoms with Gasteiger partial charge in [0.15, 0.2) is 10.0 Å². The Balaban J connectivity index is 2.50. The van der Waals surface area contributed by atoms with E-state index < -0.39 is 21.2 Å². The largest absolute Gasteiger partial charge is 0.568 e. The van der Waals surface area contributed by atoms with E-state index in [1.807, 2.05) is 0 Å². The molecule has 28 heavy (non-hydrogen) atoms. The third-order valence-electron chi connectivity index (χ3n) is 3.10. The second-order valence-electron chi connectivity index (χ2n) is 5.12. The molecule has 0 fully saturated rings. The van der Waals surface area contributed by atoms with Crippen LogP contribution in [0.2, 0.25) is 0 Å². The van der Waals surface area contributed by atoms with Crippen LogP contribution in [0.5, 0.6) is 0 Å². The van der Waals surface area contributed by atoms with Gasteiger partial charge in [0.25, 0.3) is 0 Å². The van der Waals surface area contributed by atoms with Gasteiger partial charge >= 0.3 is 5.51 Å². The molecule has 0 spiro atoms. The smallest absolute Gasteiger partial charge is 0.483 e. The topological polar surface area (TPSA) is 102 Å². The SMILES string of the molecule is CC#CN(CC)c1ccc(N=Nc2nc(C)ns2)c([N-]S(=O)(=O)C(F)(F)F)c1. The Morgan fingerprint density at radius 2 is 2.04 bits per heavy atom. The van der Waals surface area contributed by atoms with Gasteiger partial charge < -0.3 is 9.62 Å². The van der Waals surface area contributed by atoms with Crippen molar-refractivity contribution >= 4 is 43.7 Å². The lowest BCUT2D eigenvalue weighted by molar-refractivity contribution is -0.0425. The van der Waals surface area contributed by atoms with Crippen LogP contribution in [0.15, 0.2) is 28.4 Å². The van der Waals surface area contributed by atoms with Gasteiger partial charge in [0.1, 0.15) is 5.82 Å². The fourth-order valence-electron chi connectivity index (χ4n) is 1.90. The van der Waals surface area contributed by atoms with Gasteiger partial charge in [0.05, 0.1) is 5.69 Å². The van der Waals surface area contributed by atoms with Crippen molar-refractivity contribution < 1.29 is 21.6 Å². The molecule has 1 aromatic carbocycles. The Bertz CT molecular complexity index is 1040. The van der Waals surface area contributed by atoms with Gasteiger partial charge in [0, 0.05) is 29.8 Å². The van der Waals surface area contributed by atoms with Crippen LogP contribution < -0.4 is 4.90 Å². The summed E-state index contributed by atoms with van der Waals surface area (Å²) in [5.74, 6) is 3.12. The lowest BCUT2D eigenvalue weighted by atomic mass is 10.2. The fraction of sp³-hybridized carbons (Fsp3) is 0.333. The average Bonchev–Trinajstić information content (AvgIpc) is 3.02. The zero-order valence-corrected chi connectivity index (χ0v) is 16.5. The number of aromatic nitrogens is 2. The first kappa shape index (κ1) is 21.6. The molecule has 8 nitrogen and oxygen atoms in total. The summed E-state index contributed by atoms with van der Waals surface area (Å²) < 4.78 is 68.1. The first-order valence-corrected chi connectivity index (χ1v) is 9.89. The Morgan fingerprint density at radius 3 is 2.57 bits per heavy atom. The van der Waals surface area contributed by atoms with Crippen LogP contribution in [-0.2, 0) is 10.0 Å². The van der Waals surface area contributed by atoms with Crippen molar-refractivity contribution in [1.82, 2.24) is 9.36 Å². The molecule has 2 aromatic rings. The number of aryl methyl sites for hydroxylation is 1. The highest BCUT2D eigenvalue weighted by Gasteiger charge is 2.39. The maximum atomic E-state index is 12.8. The molecular formula is C15H14F3N6O2S2-. The van der Waals surface area contributed by atoms with Crippen LogP contribution in [-0.4, -0.2) is 29.8 Å². The van der Waals surface area contributed by atoms with Gasteiger partial charge in [0.2, 0.25) is 5.13 Å². The molecule has 2 rings (SSSR count). The van der Waals surface area contributed by atoms with E-state index in [0.29, 0.717) is 18.1 Å². The molecule has 13 heteroatoms. The monoisotopic (exact) mass is 431 g/mol. The van der Waals surface area contributed by atoms with E-state index in [-0.39, 0.29) is 10.8 Å². The van der Waals surface area contributed by atoms with Crippen molar-refractivity contribution in [2.45, 2.75) is 26.3 Å². The van der Waals surface area contributed by atoms with Crippen molar-refractivity contribution in [2.24, 2.45) is 10.2 Å². The number of azo groups is 1. The maximum absolute atomic E-state index is 12.8. The van der Waals surface area contributed by atoms with Crippen molar-refractivity contribution in [3.8, 4) is 12.0 Å². The molecule has 1 heterocycles. The molecule has 1 aromatic heterocycles. The van der Waals surface area contributed by atoms with Gasteiger partial charge in [-0.05, 0) is 39.0 Å². The highest BCUT2D eigenvalue weighted by atomic mass is 32.2. The van der Waals surface area contributed by atoms with Gasteiger partial charge in [-0.3, -0.25) is 0 Å². The quantitative estimate of drug-likeness (QED) is 0.367. The van der Waals surface area contributed by atoms with Gasteiger partial charge in [-0.25, -0.2) is 13.4 Å². The van der Waals surface area contributed by atoms with Crippen LogP contribution in [0.25, 0.3) is 4.72 Å². The Labute approximate surface area is 163 Å². The van der Waals surface area contributed by atoms with Crippen LogP contribution in [0, 0.1) is 18.9 Å². The van der Waals surface area contributed by atoms with Crippen molar-refractivity contribution in [3.63, 3.8) is 0 Å². The van der Waals surface area contributed by atoms with Crippen molar-refractivity contribution in [2.75, 3.05) is 11.4 Å². The third kappa shape index (κ3) is 5.17. The highest BCUT2D eigenvalue weighted by molar-refractivity contribution is 7.95. The maximum Gasteiger partial charge on any atom is 0.483 e. The second-order valence-corrected chi connectivity index (χ2v) is 7.44. The van der Waals surface area contributed by atoms with Crippen LogP contribution >= 0.6 is 11.5 Å². The number of hydrogen-bond donors (Lipinski definition) is 0. The number of nitrogens with zero attached hydrogens (tertiary/aromatic N) is 6. The summed E-state index contributed by atoms with van der Waals surface area (Å²) in [6, 6.07) is 6.72. The summed E-state index contributed by atoms with van der Waals surface area (Å²) >= 11 is 0.933. The Hall–Kier alpha value is -2.72. The van der Waals surface area contributed by atoms with Gasteiger partial charge in [-0.2, -0.15) is 17.5 Å². The van der Waals surface area contributed by atoms with E-state index in [4.69, 9.17) is 0 Å². The number of sulfonamides is 1. The molecule has 0 amide bonds. The van der Waals surface area contributed by atoms with E-state index in [1.54, 1.807) is 20.8 Å². The minimum Gasteiger partial charge on any atom is -0.568 e. The predicted molar refractivity (Wildman–Crippen MR) is 99.7 cm³/mol. The minimum absolute atomic E-state index is 0.165. The molecular weight excluding hydrogens is 417 g/mol. The molecule has 0 aliphatic carbocycles. The molecule has 150 valence electrons. The molecule has 0 bridgehead atoms. The highest BCUT2D eigenvalue weighted by Crippen LogP contribution is 2.42. The molecule has 0 radical (unpaired) electrons. The number of benzene rings is 1. The first-order chi connectivity index (χ1) is 13.1. The lowest BCUT2D eigenvalue weighted by Crippen LogP contribution is -2.21. The fourth-order valence-corrected chi connectivity index (χ4v) is 2.92. The number of halogens is 3. The van der Waals surface area contributed by atoms with E-state index in [9.17, 15) is 21.6 Å². The van der Waals surface area contributed by atoms with Crippen molar-refractivity contribution in [3.05, 3.63) is 28.7 Å². The van der Waals surface area contributed by atoms with Gasteiger partial charge in [-0.1, -0.05) is 11.6 Å². The van der Waals surface area contributed by atoms with E-state index in [0.717, 1.165) is 17.6 Å². The molecule has 0 aliphatic heterocycles. The third-order valence-corrected chi connectivity index (χ3v) is 4.82. The number of rotatable bonds is 6. The summed E-state index contributed by atoms with van der Waals surface area (Å²) in [6.45, 7) is 5.42. The summed E-state index contributed by atoms with van der Waals surface area (Å²) in [6.07, 6.45) is 0. The summed E-state index contributed by atoms with van der Waals surface area (Å²) in [5.41, 5.74) is -5.87. The minimum atomic E-state index is -5.77. The predicted octanol–water partition coefficient (Wildman–Crippen LogP) is 4.92. The molecule has 0 aliphatic rings. The Morgan fingerprint density at radius 1 is 1.32 bits per heavy atom. The molecule has 0 unspecified atom stereocenters. The van der Waals surface area contributed by atoms with Crippen LogP contribution in [0.3, 0.4) is 0 Å². The zero-order valence-electron chi connectivity index (χ0n) is 14.9. The molecule has 0 saturated carbocycles. The Kier molecular flexibility index (Phi) is 6.57. The second kappa shape index (κ2) is 8.53. The number of alkyl halides is 3. The number of anilines is 1. The summed E-state index contributed by atoms with van der Waals surface area (Å²) in [4.78, 5) is 5.47. The molecule has 0 N–H and O–H groups in total. The normalized spacial score (nSPS) is 11.9. The summed E-state index contributed by atoms with van der Waals surface area (Å²) in [5, 5.41) is 7.72. The lowest BCUT2D eigenvalue weighted by Gasteiger charge is -2.26. The van der Waals surface area contributed by atoms with E-state index in [2.05, 4.69) is 36.3 Å². The molecule has 0 saturated heterocycles. The standard InChI is InChI=1S/C15H14F3N6O2S2/c1-4-8-24(5-2)11-6-7-12(20-21-14-19-10(3)22-27-14)13(9-11)23-28(25,26)15(16,17)18/h6-7,9H,5H2,1-3H3/q-1. The van der Waals surface area contributed by atoms with Crippen LogP contribution in [0.1, 0.15) is 19.7 Å². The average molecular weight is 431 g/mol. The first-order valence-electron chi connectivity index (χ1n) is 7.67. The summed E-state index contributed by atoms with van der Waals surface area (Å²) in [7, 11) is -5.77.